The van der Waals surface area contributed by atoms with Crippen LogP contribution >= 0.6 is 0 Å². The van der Waals surface area contributed by atoms with E-state index in [0.29, 0.717) is 71.4 Å². The van der Waals surface area contributed by atoms with E-state index in [4.69, 9.17) is 0 Å². The topological polar surface area (TPSA) is 9.72 Å². The molecule has 4 aromatic carbocycles. The summed E-state index contributed by atoms with van der Waals surface area (Å²) in [4.78, 5) is 8.40. The second-order valence-corrected chi connectivity index (χ2v) is 16.3. The smallest absolute Gasteiger partial charge is 0.0379 e. The van der Waals surface area contributed by atoms with Crippen LogP contribution in [-0.2, 0) is 0 Å². The third-order valence-corrected chi connectivity index (χ3v) is 14.5. The van der Waals surface area contributed by atoms with Gasteiger partial charge in [0.2, 0.25) is 0 Å². The lowest BCUT2D eigenvalue weighted by Crippen LogP contribution is -2.47. The molecule has 3 nitrogen and oxygen atoms in total. The van der Waals surface area contributed by atoms with Crippen LogP contribution in [0, 0.1) is 47.3 Å². The summed E-state index contributed by atoms with van der Waals surface area (Å²) < 4.78 is 0. The molecule has 5 fully saturated rings. The number of benzene rings is 4. The average Bonchev–Trinajstić information content (AvgIpc) is 3.90. The molecule has 3 heteroatoms. The Bertz CT molecular complexity index is 1740. The zero-order valence-corrected chi connectivity index (χ0v) is 28.1. The summed E-state index contributed by atoms with van der Waals surface area (Å²) in [6, 6.07) is 46.1. The van der Waals surface area contributed by atoms with Crippen molar-refractivity contribution in [2.24, 2.45) is 47.3 Å². The standard InChI is InChI=1S/C44H49N3/c1-45-24-34-37-32-23-33(31-22-14-13-21-30(31)32)40(37)41-36(26-47(3)44(41)29-19-11-6-12-20-29)39-35(38(34)42(45)27-15-7-4-8-16-27)25-46(2)43(39)28-17-9-5-10-18-28/h4-22,32-44H,23-26H2,1-3H3/t32?,33?,34?,35?,36-,37?,38?,39?,40?,41?,42?,43?,44?/m0/s1. The fourth-order valence-electron chi connectivity index (χ4n) is 13.5. The van der Waals surface area contributed by atoms with E-state index in [2.05, 4.69) is 151 Å². The minimum Gasteiger partial charge on any atom is -0.299 e. The van der Waals surface area contributed by atoms with Gasteiger partial charge in [0.25, 0.3) is 0 Å². The van der Waals surface area contributed by atoms with Crippen LogP contribution in [0.25, 0.3) is 0 Å². The lowest BCUT2D eigenvalue weighted by molar-refractivity contribution is 0.00931. The Morgan fingerprint density at radius 2 is 0.723 bits per heavy atom. The first kappa shape index (κ1) is 28.7. The molecule has 10 rings (SSSR count). The highest BCUT2D eigenvalue weighted by Crippen LogP contribution is 2.72. The first-order valence-electron chi connectivity index (χ1n) is 18.4. The van der Waals surface area contributed by atoms with Crippen LogP contribution < -0.4 is 0 Å². The minimum atomic E-state index is 0.460. The second-order valence-electron chi connectivity index (χ2n) is 16.3. The van der Waals surface area contributed by atoms with E-state index < -0.39 is 0 Å². The molecule has 3 aliphatic heterocycles. The summed E-state index contributed by atoms with van der Waals surface area (Å²) in [5.41, 5.74) is 8.00. The van der Waals surface area contributed by atoms with E-state index >= 15 is 0 Å². The zero-order chi connectivity index (χ0) is 31.4. The van der Waals surface area contributed by atoms with Gasteiger partial charge < -0.3 is 0 Å². The van der Waals surface area contributed by atoms with Gasteiger partial charge in [-0.15, -0.1) is 0 Å². The van der Waals surface area contributed by atoms with Crippen molar-refractivity contribution in [1.29, 1.82) is 0 Å². The molecular formula is C44H49N3. The highest BCUT2D eigenvalue weighted by Gasteiger charge is 2.67. The number of rotatable bonds is 3. The van der Waals surface area contributed by atoms with Crippen molar-refractivity contribution >= 4 is 0 Å². The Balaban J connectivity index is 1.21. The lowest BCUT2D eigenvalue weighted by atomic mass is 9.52. The maximum atomic E-state index is 2.80. The van der Waals surface area contributed by atoms with Crippen molar-refractivity contribution in [3.05, 3.63) is 143 Å². The van der Waals surface area contributed by atoms with Gasteiger partial charge in [-0.05, 0) is 115 Å². The normalized spacial score (nSPS) is 40.7. The van der Waals surface area contributed by atoms with E-state index in [9.17, 15) is 0 Å². The third kappa shape index (κ3) is 4.09. The van der Waals surface area contributed by atoms with Gasteiger partial charge in [-0.3, -0.25) is 14.7 Å². The molecule has 0 N–H and O–H groups in total. The van der Waals surface area contributed by atoms with E-state index in [1.54, 1.807) is 16.7 Å². The van der Waals surface area contributed by atoms with Crippen LogP contribution in [0.1, 0.15) is 64.2 Å². The molecule has 6 aliphatic rings. The number of nitrogens with zero attached hydrogens (tertiary/aromatic N) is 3. The monoisotopic (exact) mass is 619 g/mol. The summed E-state index contributed by atoms with van der Waals surface area (Å²) in [5.74, 6) is 6.80. The average molecular weight is 620 g/mol. The van der Waals surface area contributed by atoms with Crippen LogP contribution in [0.3, 0.4) is 0 Å². The molecule has 47 heavy (non-hydrogen) atoms. The van der Waals surface area contributed by atoms with Crippen LogP contribution in [0.5, 0.6) is 0 Å². The zero-order valence-electron chi connectivity index (χ0n) is 28.1. The lowest BCUT2D eigenvalue weighted by Gasteiger charge is -2.51. The summed E-state index contributed by atoms with van der Waals surface area (Å²) in [5, 5.41) is 0. The van der Waals surface area contributed by atoms with Crippen LogP contribution in [0.4, 0.5) is 0 Å². The molecule has 2 bridgehead atoms. The van der Waals surface area contributed by atoms with Gasteiger partial charge in [0.1, 0.15) is 0 Å². The molecule has 13 atom stereocenters. The Morgan fingerprint density at radius 3 is 1.17 bits per heavy atom. The van der Waals surface area contributed by atoms with Gasteiger partial charge >= 0.3 is 0 Å². The van der Waals surface area contributed by atoms with Crippen molar-refractivity contribution in [2.45, 2.75) is 36.4 Å². The highest BCUT2D eigenvalue weighted by atomic mass is 15.2. The van der Waals surface area contributed by atoms with E-state index in [0.717, 1.165) is 5.92 Å². The maximum Gasteiger partial charge on any atom is 0.0379 e. The first-order valence-corrected chi connectivity index (χ1v) is 18.4. The largest absolute Gasteiger partial charge is 0.299 e. The van der Waals surface area contributed by atoms with E-state index in [1.165, 1.54) is 37.2 Å². The minimum absolute atomic E-state index is 0.460. The fraction of sp³-hybridized carbons (Fsp3) is 0.455. The van der Waals surface area contributed by atoms with Gasteiger partial charge in [-0.25, -0.2) is 0 Å². The van der Waals surface area contributed by atoms with Gasteiger partial charge in [0, 0.05) is 37.8 Å². The quantitative estimate of drug-likeness (QED) is 0.214. The van der Waals surface area contributed by atoms with Crippen molar-refractivity contribution in [2.75, 3.05) is 40.8 Å². The molecule has 12 unspecified atom stereocenters. The molecule has 0 amide bonds. The molecule has 240 valence electrons. The summed E-state index contributed by atoms with van der Waals surface area (Å²) in [7, 11) is 7.38. The van der Waals surface area contributed by atoms with Gasteiger partial charge in [-0.2, -0.15) is 0 Å². The summed E-state index contributed by atoms with van der Waals surface area (Å²) >= 11 is 0. The SMILES string of the molecule is CN1CC2C3C4CC(c5ccccc54)C3C3C(c4ccccc4)N(C)C[C@H]3C3C(CN(C)C3c3ccccc3)C2C1c1ccccc1. The fourth-order valence-corrected chi connectivity index (χ4v) is 13.5. The maximum absolute atomic E-state index is 2.80. The number of fused-ring (bicyclic) bond motifs is 15. The highest BCUT2D eigenvalue weighted by molar-refractivity contribution is 5.45. The predicted octanol–water partition coefficient (Wildman–Crippen LogP) is 8.27. The molecule has 3 saturated heterocycles. The van der Waals surface area contributed by atoms with E-state index in [-0.39, 0.29) is 0 Å². The molecule has 2 saturated carbocycles. The first-order chi connectivity index (χ1) is 23.1. The Kier molecular flexibility index (Phi) is 6.66. The second kappa shape index (κ2) is 10.9. The molecule has 0 aromatic heterocycles. The van der Waals surface area contributed by atoms with Crippen molar-refractivity contribution < 1.29 is 0 Å². The Hall–Kier alpha value is -3.24. The van der Waals surface area contributed by atoms with E-state index in [1.807, 2.05) is 0 Å². The number of hydrogen-bond acceptors (Lipinski definition) is 3. The van der Waals surface area contributed by atoms with Crippen LogP contribution in [-0.4, -0.2) is 55.5 Å². The van der Waals surface area contributed by atoms with Gasteiger partial charge in [-0.1, -0.05) is 115 Å². The molecule has 3 heterocycles. The predicted molar refractivity (Wildman–Crippen MR) is 190 cm³/mol. The molecule has 0 radical (unpaired) electrons. The molecule has 4 aromatic rings. The number of hydrogen-bond donors (Lipinski definition) is 0. The van der Waals surface area contributed by atoms with Crippen molar-refractivity contribution in [1.82, 2.24) is 14.7 Å². The van der Waals surface area contributed by atoms with Gasteiger partial charge in [0.15, 0.2) is 0 Å². The molecule has 0 spiro atoms. The van der Waals surface area contributed by atoms with Crippen molar-refractivity contribution in [3.8, 4) is 0 Å². The summed E-state index contributed by atoms with van der Waals surface area (Å²) in [6.07, 6.45) is 1.36. The van der Waals surface area contributed by atoms with Crippen LogP contribution in [0.2, 0.25) is 0 Å². The number of likely N-dealkylation sites (tertiary alicyclic amines) is 3. The Morgan fingerprint density at radius 1 is 0.383 bits per heavy atom. The molecule has 3 aliphatic carbocycles. The molecular weight excluding hydrogens is 571 g/mol. The van der Waals surface area contributed by atoms with Crippen molar-refractivity contribution in [3.63, 3.8) is 0 Å². The summed E-state index contributed by atoms with van der Waals surface area (Å²) in [6.45, 7) is 3.63. The van der Waals surface area contributed by atoms with Gasteiger partial charge in [0.05, 0.1) is 0 Å². The Labute approximate surface area is 281 Å². The van der Waals surface area contributed by atoms with Crippen LogP contribution in [0.15, 0.2) is 115 Å². The third-order valence-electron chi connectivity index (χ3n) is 14.5.